The number of carbonyl (C=O) groups is 2. The highest BCUT2D eigenvalue weighted by Gasteiger charge is 2.53. The lowest BCUT2D eigenvalue weighted by Gasteiger charge is -2.52. The van der Waals surface area contributed by atoms with Gasteiger partial charge in [-0.25, -0.2) is 4.79 Å². The van der Waals surface area contributed by atoms with Crippen molar-refractivity contribution in [1.29, 1.82) is 0 Å². The molecule has 0 spiro atoms. The molecule has 2 rings (SSSR count). The van der Waals surface area contributed by atoms with Gasteiger partial charge in [0.25, 0.3) is 0 Å². The van der Waals surface area contributed by atoms with Crippen LogP contribution in [0.1, 0.15) is 60.3 Å². The number of ether oxygens (including phenoxy) is 1. The number of nitrogens with zero attached hydrogens (tertiary/aromatic N) is 1. The average molecular weight is 310 g/mol. The number of likely N-dealkylation sites (tertiary alicyclic amines) is 1. The van der Waals surface area contributed by atoms with Crippen molar-refractivity contribution in [2.75, 3.05) is 13.1 Å². The molecule has 126 valence electrons. The number of rotatable bonds is 2. The highest BCUT2D eigenvalue weighted by atomic mass is 16.6. The molecule has 0 aromatic rings. The lowest BCUT2D eigenvalue weighted by atomic mass is 9.58. The first-order chi connectivity index (χ1) is 10.1. The Labute approximate surface area is 133 Å². The van der Waals surface area contributed by atoms with E-state index in [1.165, 1.54) is 6.42 Å². The summed E-state index contributed by atoms with van der Waals surface area (Å²) in [5.74, 6) is 0.262. The lowest BCUT2D eigenvalue weighted by Crippen LogP contribution is -2.63. The van der Waals surface area contributed by atoms with E-state index in [9.17, 15) is 9.59 Å². The molecule has 5 nitrogen and oxygen atoms in total. The summed E-state index contributed by atoms with van der Waals surface area (Å²) in [6, 6.07) is 0.00101. The van der Waals surface area contributed by atoms with Crippen LogP contribution < -0.4 is 5.32 Å². The lowest BCUT2D eigenvalue weighted by molar-refractivity contribution is -0.149. The van der Waals surface area contributed by atoms with Gasteiger partial charge in [-0.2, -0.15) is 0 Å². The van der Waals surface area contributed by atoms with E-state index in [0.717, 1.165) is 25.9 Å². The van der Waals surface area contributed by atoms with E-state index < -0.39 is 11.7 Å². The molecular formula is C17H30N2O3. The third kappa shape index (κ3) is 3.73. The number of alkyl carbamates (subject to hydrolysis) is 1. The van der Waals surface area contributed by atoms with Gasteiger partial charge in [0.15, 0.2) is 0 Å². The van der Waals surface area contributed by atoms with Gasteiger partial charge in [0.2, 0.25) is 5.91 Å². The summed E-state index contributed by atoms with van der Waals surface area (Å²) in [6.45, 7) is 11.4. The molecule has 2 fully saturated rings. The predicted molar refractivity (Wildman–Crippen MR) is 85.5 cm³/mol. The van der Waals surface area contributed by atoms with Gasteiger partial charge in [-0.05, 0) is 51.9 Å². The Morgan fingerprint density at radius 1 is 1.14 bits per heavy atom. The summed E-state index contributed by atoms with van der Waals surface area (Å²) in [7, 11) is 0. The van der Waals surface area contributed by atoms with E-state index in [4.69, 9.17) is 4.74 Å². The van der Waals surface area contributed by atoms with Crippen molar-refractivity contribution in [1.82, 2.24) is 10.2 Å². The van der Waals surface area contributed by atoms with Crippen molar-refractivity contribution in [3.05, 3.63) is 0 Å². The molecule has 1 saturated heterocycles. The number of nitrogens with one attached hydrogen (secondary N) is 1. The van der Waals surface area contributed by atoms with E-state index in [1.807, 2.05) is 25.7 Å². The first kappa shape index (κ1) is 17.1. The van der Waals surface area contributed by atoms with E-state index in [1.54, 1.807) is 0 Å². The van der Waals surface area contributed by atoms with Crippen molar-refractivity contribution in [3.63, 3.8) is 0 Å². The Balaban J connectivity index is 1.89. The molecule has 1 heterocycles. The topological polar surface area (TPSA) is 58.6 Å². The molecule has 5 heteroatoms. The van der Waals surface area contributed by atoms with E-state index >= 15 is 0 Å². The fourth-order valence-electron chi connectivity index (χ4n) is 3.37. The molecule has 2 unspecified atom stereocenters. The van der Waals surface area contributed by atoms with E-state index in [-0.39, 0.29) is 23.3 Å². The predicted octanol–water partition coefficient (Wildman–Crippen LogP) is 2.94. The summed E-state index contributed by atoms with van der Waals surface area (Å²) in [4.78, 5) is 26.5. The van der Waals surface area contributed by atoms with Gasteiger partial charge in [-0.15, -0.1) is 0 Å². The molecule has 0 aromatic heterocycles. The summed E-state index contributed by atoms with van der Waals surface area (Å²) >= 11 is 0. The molecule has 0 radical (unpaired) electrons. The smallest absolute Gasteiger partial charge is 0.407 e. The van der Waals surface area contributed by atoms with Gasteiger partial charge in [0.05, 0.1) is 0 Å². The van der Waals surface area contributed by atoms with Crippen molar-refractivity contribution in [3.8, 4) is 0 Å². The second-order valence-electron chi connectivity index (χ2n) is 8.19. The number of hydrogen-bond acceptors (Lipinski definition) is 3. The van der Waals surface area contributed by atoms with Crippen LogP contribution >= 0.6 is 0 Å². The Kier molecular flexibility index (Phi) is 4.73. The molecule has 22 heavy (non-hydrogen) atoms. The molecule has 1 N–H and O–H groups in total. The molecule has 2 aliphatic rings. The standard InChI is InChI=1S/C17H30N2O3/c1-16(2,3)22-15(21)18-13-11-12(17(13,4)5)14(20)19-9-7-6-8-10-19/h12-13H,6-11H2,1-5H3,(H,18,21). The van der Waals surface area contributed by atoms with Gasteiger partial charge < -0.3 is 15.0 Å². The number of amides is 2. The Morgan fingerprint density at radius 2 is 1.73 bits per heavy atom. The highest BCUT2D eigenvalue weighted by molar-refractivity contribution is 5.81. The van der Waals surface area contributed by atoms with Crippen LogP contribution in [0.15, 0.2) is 0 Å². The van der Waals surface area contributed by atoms with Crippen LogP contribution in [-0.2, 0) is 9.53 Å². The van der Waals surface area contributed by atoms with Gasteiger partial charge in [0.1, 0.15) is 5.60 Å². The van der Waals surface area contributed by atoms with Gasteiger partial charge in [-0.1, -0.05) is 13.8 Å². The fraction of sp³-hybridized carbons (Fsp3) is 0.882. The summed E-state index contributed by atoms with van der Waals surface area (Å²) in [5.41, 5.74) is -0.716. The largest absolute Gasteiger partial charge is 0.444 e. The summed E-state index contributed by atoms with van der Waals surface area (Å²) < 4.78 is 5.30. The van der Waals surface area contributed by atoms with Gasteiger partial charge in [-0.3, -0.25) is 4.79 Å². The average Bonchev–Trinajstić information content (AvgIpc) is 2.41. The van der Waals surface area contributed by atoms with E-state index in [0.29, 0.717) is 6.42 Å². The summed E-state index contributed by atoms with van der Waals surface area (Å²) in [5, 5.41) is 2.92. The van der Waals surface area contributed by atoms with Gasteiger partial charge in [0, 0.05) is 25.0 Å². The molecule has 1 saturated carbocycles. The minimum Gasteiger partial charge on any atom is -0.444 e. The normalized spacial score (nSPS) is 27.8. The van der Waals surface area contributed by atoms with Crippen LogP contribution in [0.5, 0.6) is 0 Å². The Morgan fingerprint density at radius 3 is 2.23 bits per heavy atom. The highest BCUT2D eigenvalue weighted by Crippen LogP contribution is 2.47. The van der Waals surface area contributed by atoms with Crippen molar-refractivity contribution in [2.24, 2.45) is 11.3 Å². The first-order valence-corrected chi connectivity index (χ1v) is 8.39. The number of hydrogen-bond donors (Lipinski definition) is 1. The maximum Gasteiger partial charge on any atom is 0.407 e. The van der Waals surface area contributed by atoms with E-state index in [2.05, 4.69) is 19.2 Å². The molecular weight excluding hydrogens is 280 g/mol. The molecule has 2 atom stereocenters. The van der Waals surface area contributed by atoms with Crippen LogP contribution in [0, 0.1) is 11.3 Å². The molecule has 0 aromatic carbocycles. The zero-order valence-electron chi connectivity index (χ0n) is 14.6. The molecule has 0 bridgehead atoms. The minimum absolute atomic E-state index is 0.00101. The summed E-state index contributed by atoms with van der Waals surface area (Å²) in [6.07, 6.45) is 3.76. The third-order valence-corrected chi connectivity index (χ3v) is 4.92. The maximum atomic E-state index is 12.6. The third-order valence-electron chi connectivity index (χ3n) is 4.92. The van der Waals surface area contributed by atoms with Crippen LogP contribution in [0.2, 0.25) is 0 Å². The Hall–Kier alpha value is -1.26. The Bertz CT molecular complexity index is 434. The molecule has 1 aliphatic carbocycles. The molecule has 1 aliphatic heterocycles. The molecule has 2 amide bonds. The van der Waals surface area contributed by atoms with Crippen LogP contribution in [0.4, 0.5) is 4.79 Å². The number of piperidine rings is 1. The first-order valence-electron chi connectivity index (χ1n) is 8.39. The van der Waals surface area contributed by atoms with Crippen LogP contribution in [-0.4, -0.2) is 41.6 Å². The number of carbonyl (C=O) groups excluding carboxylic acids is 2. The van der Waals surface area contributed by atoms with Crippen molar-refractivity contribution >= 4 is 12.0 Å². The van der Waals surface area contributed by atoms with Crippen molar-refractivity contribution < 1.29 is 14.3 Å². The monoisotopic (exact) mass is 310 g/mol. The minimum atomic E-state index is -0.499. The zero-order valence-corrected chi connectivity index (χ0v) is 14.6. The van der Waals surface area contributed by atoms with Gasteiger partial charge >= 0.3 is 6.09 Å². The van der Waals surface area contributed by atoms with Crippen LogP contribution in [0.3, 0.4) is 0 Å². The zero-order chi connectivity index (χ0) is 16.5. The maximum absolute atomic E-state index is 12.6. The second-order valence-corrected chi connectivity index (χ2v) is 8.19. The quantitative estimate of drug-likeness (QED) is 0.853. The second kappa shape index (κ2) is 6.09. The van der Waals surface area contributed by atoms with Crippen molar-refractivity contribution in [2.45, 2.75) is 71.9 Å². The van der Waals surface area contributed by atoms with Crippen LogP contribution in [0.25, 0.3) is 0 Å². The SMILES string of the molecule is CC(C)(C)OC(=O)NC1CC(C(=O)N2CCCCC2)C1(C)C. The fourth-order valence-corrected chi connectivity index (χ4v) is 3.37.